The number of amides is 2. The summed E-state index contributed by atoms with van der Waals surface area (Å²) in [7, 11) is 0. The van der Waals surface area contributed by atoms with Gasteiger partial charge < -0.3 is 20.5 Å². The van der Waals surface area contributed by atoms with E-state index in [1.165, 1.54) is 6.92 Å². The van der Waals surface area contributed by atoms with Crippen LogP contribution in [0.1, 0.15) is 56.6 Å². The molecule has 0 aliphatic heterocycles. The average Bonchev–Trinajstić information content (AvgIpc) is 3.10. The number of hydrogen-bond acceptors (Lipinski definition) is 4. The minimum Gasteiger partial charge on any atom is -0.480 e. The lowest BCUT2D eigenvalue weighted by Crippen LogP contribution is -2.60. The second-order valence-corrected chi connectivity index (χ2v) is 9.26. The lowest BCUT2D eigenvalue weighted by molar-refractivity contribution is -0.150. The summed E-state index contributed by atoms with van der Waals surface area (Å²) in [6, 6.07) is 16.2. The van der Waals surface area contributed by atoms with E-state index in [0.29, 0.717) is 12.8 Å². The number of carboxylic acid groups (broad SMARTS) is 1. The van der Waals surface area contributed by atoms with Crippen LogP contribution in [0.25, 0.3) is 11.1 Å². The normalized spacial score (nSPS) is 17.6. The fourth-order valence-electron chi connectivity index (χ4n) is 4.65. The molecule has 2 aliphatic carbocycles. The van der Waals surface area contributed by atoms with Gasteiger partial charge in [-0.15, -0.1) is 0 Å². The number of aliphatic carboxylic acids is 1. The maximum absolute atomic E-state index is 12.9. The number of carboxylic acids is 1. The van der Waals surface area contributed by atoms with Gasteiger partial charge in [-0.3, -0.25) is 4.79 Å². The molecular weight excluding hydrogens is 420 g/mol. The fraction of sp³-hybridized carbons (Fsp3) is 0.423. The molecule has 2 aromatic rings. The molecular formula is C26H30N2O5. The molecule has 1 atom stereocenters. The van der Waals surface area contributed by atoms with Gasteiger partial charge in [0.2, 0.25) is 5.91 Å². The van der Waals surface area contributed by atoms with E-state index in [-0.39, 0.29) is 31.4 Å². The van der Waals surface area contributed by atoms with E-state index in [0.717, 1.165) is 28.7 Å². The van der Waals surface area contributed by atoms with Crippen LogP contribution in [0.5, 0.6) is 0 Å². The van der Waals surface area contributed by atoms with Crippen molar-refractivity contribution in [2.75, 3.05) is 13.2 Å². The van der Waals surface area contributed by atoms with Gasteiger partial charge in [0.15, 0.2) is 0 Å². The molecule has 0 heterocycles. The van der Waals surface area contributed by atoms with Gasteiger partial charge in [0.1, 0.15) is 12.1 Å². The number of alkyl carbamates (subject to hydrolysis) is 1. The van der Waals surface area contributed by atoms with Crippen molar-refractivity contribution in [3.8, 4) is 11.1 Å². The summed E-state index contributed by atoms with van der Waals surface area (Å²) >= 11 is 0. The number of rotatable bonds is 8. The number of nitrogens with one attached hydrogen (secondary N) is 2. The van der Waals surface area contributed by atoms with E-state index in [9.17, 15) is 19.5 Å². The Balaban J connectivity index is 1.37. The van der Waals surface area contributed by atoms with Crippen molar-refractivity contribution in [2.45, 2.75) is 51.0 Å². The van der Waals surface area contributed by atoms with Gasteiger partial charge in [0, 0.05) is 12.5 Å². The molecule has 33 heavy (non-hydrogen) atoms. The monoisotopic (exact) mass is 450 g/mol. The highest BCUT2D eigenvalue weighted by molar-refractivity contribution is 5.90. The predicted octanol–water partition coefficient (Wildman–Crippen LogP) is 4.06. The molecule has 2 aliphatic rings. The van der Waals surface area contributed by atoms with Crippen LogP contribution in [0.15, 0.2) is 48.5 Å². The zero-order valence-electron chi connectivity index (χ0n) is 19.0. The molecule has 4 rings (SSSR count). The summed E-state index contributed by atoms with van der Waals surface area (Å²) in [5.74, 6) is -1.44. The lowest BCUT2D eigenvalue weighted by atomic mass is 9.67. The molecule has 3 N–H and O–H groups in total. The maximum atomic E-state index is 12.9. The first-order valence-electron chi connectivity index (χ1n) is 11.4. The quantitative estimate of drug-likeness (QED) is 0.562. The third-order valence-corrected chi connectivity index (χ3v) is 7.28. The Morgan fingerprint density at radius 2 is 1.64 bits per heavy atom. The third kappa shape index (κ3) is 4.19. The van der Waals surface area contributed by atoms with E-state index in [1.54, 1.807) is 6.92 Å². The zero-order chi connectivity index (χ0) is 23.6. The first-order valence-corrected chi connectivity index (χ1v) is 11.4. The van der Waals surface area contributed by atoms with Crippen LogP contribution >= 0.6 is 0 Å². The topological polar surface area (TPSA) is 105 Å². The predicted molar refractivity (Wildman–Crippen MR) is 124 cm³/mol. The van der Waals surface area contributed by atoms with Gasteiger partial charge in [0.25, 0.3) is 0 Å². The first-order chi connectivity index (χ1) is 15.8. The number of carbonyl (C=O) groups excluding carboxylic acids is 2. The molecule has 0 spiro atoms. The van der Waals surface area contributed by atoms with Crippen molar-refractivity contribution in [2.24, 2.45) is 5.41 Å². The van der Waals surface area contributed by atoms with Gasteiger partial charge in [0.05, 0.1) is 5.41 Å². The van der Waals surface area contributed by atoms with Gasteiger partial charge in [-0.05, 0) is 48.4 Å². The van der Waals surface area contributed by atoms with Crippen molar-refractivity contribution in [3.05, 3.63) is 59.7 Å². The van der Waals surface area contributed by atoms with Crippen LogP contribution in [-0.4, -0.2) is 41.8 Å². The van der Waals surface area contributed by atoms with Crippen LogP contribution in [0.3, 0.4) is 0 Å². The van der Waals surface area contributed by atoms with E-state index in [4.69, 9.17) is 4.74 Å². The third-order valence-electron chi connectivity index (χ3n) is 7.28. The van der Waals surface area contributed by atoms with Crippen molar-refractivity contribution in [3.63, 3.8) is 0 Å². The molecule has 7 heteroatoms. The summed E-state index contributed by atoms with van der Waals surface area (Å²) < 4.78 is 5.57. The molecule has 2 aromatic carbocycles. The van der Waals surface area contributed by atoms with E-state index in [1.807, 2.05) is 24.3 Å². The Kier molecular flexibility index (Phi) is 6.15. The molecule has 1 saturated carbocycles. The maximum Gasteiger partial charge on any atom is 0.407 e. The second-order valence-electron chi connectivity index (χ2n) is 9.26. The minimum absolute atomic E-state index is 0.0371. The van der Waals surface area contributed by atoms with Crippen LogP contribution in [-0.2, 0) is 14.3 Å². The second kappa shape index (κ2) is 8.89. The SMILES string of the molecule is CCC(C)(NC(=O)C1(CNC(=O)OCC2c3ccccc3-c3ccccc32)CCC1)C(=O)O. The Hall–Kier alpha value is -3.35. The van der Waals surface area contributed by atoms with Crippen LogP contribution in [0.4, 0.5) is 4.79 Å². The summed E-state index contributed by atoms with van der Waals surface area (Å²) in [5, 5.41) is 14.9. The van der Waals surface area contributed by atoms with Crippen molar-refractivity contribution >= 4 is 18.0 Å². The van der Waals surface area contributed by atoms with E-state index >= 15 is 0 Å². The largest absolute Gasteiger partial charge is 0.480 e. The van der Waals surface area contributed by atoms with Crippen LogP contribution in [0, 0.1) is 5.41 Å². The number of carbonyl (C=O) groups is 3. The highest BCUT2D eigenvalue weighted by Crippen LogP contribution is 2.44. The van der Waals surface area contributed by atoms with Crippen molar-refractivity contribution in [1.82, 2.24) is 10.6 Å². The van der Waals surface area contributed by atoms with Gasteiger partial charge in [-0.1, -0.05) is 61.9 Å². The number of fused-ring (bicyclic) bond motifs is 3. The highest BCUT2D eigenvalue weighted by Gasteiger charge is 2.47. The molecule has 7 nitrogen and oxygen atoms in total. The van der Waals surface area contributed by atoms with E-state index < -0.39 is 23.0 Å². The highest BCUT2D eigenvalue weighted by atomic mass is 16.5. The number of ether oxygens (including phenoxy) is 1. The molecule has 0 radical (unpaired) electrons. The Morgan fingerprint density at radius 3 is 2.12 bits per heavy atom. The van der Waals surface area contributed by atoms with Crippen molar-refractivity contribution < 1.29 is 24.2 Å². The van der Waals surface area contributed by atoms with Gasteiger partial charge in [-0.25, -0.2) is 9.59 Å². The zero-order valence-corrected chi connectivity index (χ0v) is 19.0. The standard InChI is InChI=1S/C26H30N2O5/c1-3-25(2,23(30)31)28-22(29)26(13-8-14-26)16-27-24(32)33-15-21-19-11-6-4-9-17(19)18-10-5-7-12-20(18)21/h4-7,9-12,21H,3,8,13-16H2,1-2H3,(H,27,32)(H,28,29)(H,30,31). The fourth-order valence-corrected chi connectivity index (χ4v) is 4.65. The molecule has 0 aromatic heterocycles. The Labute approximate surface area is 193 Å². The van der Waals surface area contributed by atoms with Gasteiger partial charge >= 0.3 is 12.1 Å². The summed E-state index contributed by atoms with van der Waals surface area (Å²) in [4.78, 5) is 37.0. The number of hydrogen-bond donors (Lipinski definition) is 3. The van der Waals surface area contributed by atoms with Crippen molar-refractivity contribution in [1.29, 1.82) is 0 Å². The first kappa shape index (κ1) is 22.8. The van der Waals surface area contributed by atoms with Crippen LogP contribution in [0.2, 0.25) is 0 Å². The molecule has 174 valence electrons. The number of benzene rings is 2. The average molecular weight is 451 g/mol. The molecule has 0 saturated heterocycles. The van der Waals surface area contributed by atoms with Gasteiger partial charge in [-0.2, -0.15) is 0 Å². The summed E-state index contributed by atoms with van der Waals surface area (Å²) in [6.45, 7) is 3.54. The Morgan fingerprint density at radius 1 is 1.06 bits per heavy atom. The lowest BCUT2D eigenvalue weighted by Gasteiger charge is -2.42. The minimum atomic E-state index is -1.33. The summed E-state index contributed by atoms with van der Waals surface area (Å²) in [6.07, 6.45) is 1.75. The molecule has 0 bridgehead atoms. The summed E-state index contributed by atoms with van der Waals surface area (Å²) in [5.41, 5.74) is 2.46. The molecule has 2 amide bonds. The molecule has 1 unspecified atom stereocenters. The Bertz CT molecular complexity index is 1030. The van der Waals surface area contributed by atoms with E-state index in [2.05, 4.69) is 34.9 Å². The smallest absolute Gasteiger partial charge is 0.407 e. The molecule has 1 fully saturated rings. The van der Waals surface area contributed by atoms with Crippen LogP contribution < -0.4 is 10.6 Å².